The number of hydrogen-bond acceptors (Lipinski definition) is 4. The molecule has 2 aliphatic rings. The molecule has 1 aromatic carbocycles. The van der Waals surface area contributed by atoms with Gasteiger partial charge in [0.05, 0.1) is 12.1 Å². The lowest BCUT2D eigenvalue weighted by atomic mass is 9.96. The number of rotatable bonds is 7. The lowest BCUT2D eigenvalue weighted by Crippen LogP contribution is -2.44. The summed E-state index contributed by atoms with van der Waals surface area (Å²) in [4.78, 5) is 11.7. The second-order valence-electron chi connectivity index (χ2n) is 6.70. The van der Waals surface area contributed by atoms with Gasteiger partial charge in [-0.25, -0.2) is 13.6 Å². The molecule has 0 saturated carbocycles. The summed E-state index contributed by atoms with van der Waals surface area (Å²) < 4.78 is 38.0. The van der Waals surface area contributed by atoms with Crippen LogP contribution in [-0.2, 0) is 15.9 Å². The summed E-state index contributed by atoms with van der Waals surface area (Å²) in [5.41, 5.74) is 0.493. The van der Waals surface area contributed by atoms with Crippen molar-refractivity contribution >= 4 is 6.09 Å². The molecule has 0 bridgehead atoms. The highest BCUT2D eigenvalue weighted by Crippen LogP contribution is 2.24. The van der Waals surface area contributed by atoms with Gasteiger partial charge in [-0.05, 0) is 37.0 Å². The van der Waals surface area contributed by atoms with Crippen LogP contribution >= 0.6 is 0 Å². The summed E-state index contributed by atoms with van der Waals surface area (Å²) in [6.45, 7) is 3.55. The molecule has 1 amide bonds. The van der Waals surface area contributed by atoms with E-state index in [-0.39, 0.29) is 18.2 Å². The molecule has 5 nitrogen and oxygen atoms in total. The van der Waals surface area contributed by atoms with Crippen LogP contribution in [0.5, 0.6) is 0 Å². The largest absolute Gasteiger partial charge is 0.442 e. The molecule has 2 aliphatic heterocycles. The van der Waals surface area contributed by atoms with Gasteiger partial charge in [-0.15, -0.1) is 0 Å². The Balaban J connectivity index is 1.61. The van der Waals surface area contributed by atoms with Crippen molar-refractivity contribution in [1.82, 2.24) is 10.6 Å². The minimum Gasteiger partial charge on any atom is -0.442 e. The molecule has 2 heterocycles. The van der Waals surface area contributed by atoms with E-state index in [1.54, 1.807) is 0 Å². The van der Waals surface area contributed by atoms with E-state index in [4.69, 9.17) is 9.47 Å². The quantitative estimate of drug-likeness (QED) is 0.739. The van der Waals surface area contributed by atoms with Crippen LogP contribution < -0.4 is 10.6 Å². The van der Waals surface area contributed by atoms with E-state index in [9.17, 15) is 13.6 Å². The van der Waals surface area contributed by atoms with Gasteiger partial charge < -0.3 is 20.1 Å². The molecule has 0 radical (unpaired) electrons. The van der Waals surface area contributed by atoms with Crippen molar-refractivity contribution in [2.24, 2.45) is 0 Å². The fourth-order valence-electron chi connectivity index (χ4n) is 3.49. The van der Waals surface area contributed by atoms with Gasteiger partial charge in [0.1, 0.15) is 17.7 Å². The maximum Gasteiger partial charge on any atom is 0.407 e. The molecule has 0 spiro atoms. The van der Waals surface area contributed by atoms with Gasteiger partial charge >= 0.3 is 6.09 Å². The number of halogens is 2. The van der Waals surface area contributed by atoms with Gasteiger partial charge in [0.25, 0.3) is 0 Å². The van der Waals surface area contributed by atoms with Crippen molar-refractivity contribution in [2.45, 2.75) is 56.9 Å². The average Bonchev–Trinajstić information content (AvgIpc) is 3.13. The van der Waals surface area contributed by atoms with Gasteiger partial charge in [0.2, 0.25) is 0 Å². The Hall–Kier alpha value is -1.73. The first kappa shape index (κ1) is 18.1. The monoisotopic (exact) mass is 354 g/mol. The number of benzene rings is 1. The number of unbranched alkanes of at least 4 members (excludes halogenated alkanes) is 1. The number of amides is 1. The molecule has 2 saturated heterocycles. The normalized spacial score (nSPS) is 28.8. The van der Waals surface area contributed by atoms with Crippen molar-refractivity contribution in [3.8, 4) is 0 Å². The maximum absolute atomic E-state index is 13.4. The Morgan fingerprint density at radius 3 is 2.76 bits per heavy atom. The van der Waals surface area contributed by atoms with Gasteiger partial charge in [0, 0.05) is 25.3 Å². The molecule has 0 aliphatic carbocycles. The number of ether oxygens (including phenoxy) is 2. The molecule has 138 valence electrons. The molecular formula is C18H24F2N2O3. The molecule has 2 fully saturated rings. The zero-order valence-corrected chi connectivity index (χ0v) is 14.3. The smallest absolute Gasteiger partial charge is 0.407 e. The van der Waals surface area contributed by atoms with Gasteiger partial charge in [-0.1, -0.05) is 13.3 Å². The van der Waals surface area contributed by atoms with E-state index >= 15 is 0 Å². The summed E-state index contributed by atoms with van der Waals surface area (Å²) in [7, 11) is 0. The highest BCUT2D eigenvalue weighted by atomic mass is 19.1. The van der Waals surface area contributed by atoms with Crippen molar-refractivity contribution in [1.29, 1.82) is 0 Å². The lowest BCUT2D eigenvalue weighted by molar-refractivity contribution is 0.0560. The molecule has 2 N–H and O–H groups in total. The first-order valence-corrected chi connectivity index (χ1v) is 8.82. The third-order valence-corrected chi connectivity index (χ3v) is 4.69. The van der Waals surface area contributed by atoms with E-state index in [2.05, 4.69) is 17.6 Å². The summed E-state index contributed by atoms with van der Waals surface area (Å²) in [5, 5.41) is 6.09. The third kappa shape index (κ3) is 4.67. The number of cyclic esters (lactones) is 1. The van der Waals surface area contributed by atoms with Gasteiger partial charge in [-0.2, -0.15) is 0 Å². The fraction of sp³-hybridized carbons (Fsp3) is 0.611. The van der Waals surface area contributed by atoms with Gasteiger partial charge in [-0.3, -0.25) is 0 Å². The molecular weight excluding hydrogens is 330 g/mol. The second kappa shape index (κ2) is 8.10. The summed E-state index contributed by atoms with van der Waals surface area (Å²) in [6, 6.07) is 3.03. The van der Waals surface area contributed by atoms with E-state index < -0.39 is 23.8 Å². The van der Waals surface area contributed by atoms with Crippen LogP contribution in [0.4, 0.5) is 13.6 Å². The number of nitrogens with one attached hydrogen (secondary N) is 2. The van der Waals surface area contributed by atoms with E-state index in [1.807, 2.05) is 0 Å². The van der Waals surface area contributed by atoms with Crippen LogP contribution in [0.15, 0.2) is 18.2 Å². The highest BCUT2D eigenvalue weighted by Gasteiger charge is 2.42. The number of carbonyl (C=O) groups excluding carboxylic acids is 1. The molecule has 0 unspecified atom stereocenters. The Kier molecular flexibility index (Phi) is 5.86. The highest BCUT2D eigenvalue weighted by molar-refractivity contribution is 5.70. The van der Waals surface area contributed by atoms with E-state index in [0.717, 1.165) is 31.9 Å². The van der Waals surface area contributed by atoms with Crippen molar-refractivity contribution in [2.75, 3.05) is 13.2 Å². The number of alkyl carbamates (subject to hydrolysis) is 1. The molecule has 7 heteroatoms. The topological polar surface area (TPSA) is 59.6 Å². The van der Waals surface area contributed by atoms with Crippen LogP contribution in [0.3, 0.4) is 0 Å². The number of carbonyl (C=O) groups is 1. The zero-order chi connectivity index (χ0) is 17.8. The van der Waals surface area contributed by atoms with Crippen LogP contribution in [0.1, 0.15) is 31.7 Å². The fourth-order valence-corrected chi connectivity index (χ4v) is 3.49. The standard InChI is InChI=1S/C18H24F2N2O3/c1-2-3-4-24-14-9-15(21-10-14)17-16(22-18(23)25-17)7-11-5-12(19)8-13(20)6-11/h5-6,8,14-17,21H,2-4,7,9-10H2,1H3,(H,22,23)/t14-,15-,16+,17-/m1/s1. The van der Waals surface area contributed by atoms with E-state index in [0.29, 0.717) is 18.5 Å². The summed E-state index contributed by atoms with van der Waals surface area (Å²) in [6.07, 6.45) is 2.38. The lowest BCUT2D eigenvalue weighted by Gasteiger charge is -2.23. The second-order valence-corrected chi connectivity index (χ2v) is 6.70. The van der Waals surface area contributed by atoms with E-state index in [1.165, 1.54) is 12.1 Å². The molecule has 3 rings (SSSR count). The molecule has 4 atom stereocenters. The number of hydrogen-bond donors (Lipinski definition) is 2. The Bertz CT molecular complexity index is 594. The Labute approximate surface area is 146 Å². The predicted octanol–water partition coefficient (Wildman–Crippen LogP) is 2.53. The molecule has 1 aromatic rings. The zero-order valence-electron chi connectivity index (χ0n) is 14.3. The third-order valence-electron chi connectivity index (χ3n) is 4.69. The Morgan fingerprint density at radius 2 is 2.04 bits per heavy atom. The SMILES string of the molecule is CCCCO[C@H]1CN[C@@H]([C@H]2OC(=O)N[C@H]2Cc2cc(F)cc(F)c2)C1. The molecule has 25 heavy (non-hydrogen) atoms. The molecule has 0 aromatic heterocycles. The minimum atomic E-state index is -0.625. The minimum absolute atomic E-state index is 0.0333. The van der Waals surface area contributed by atoms with Crippen molar-refractivity contribution < 1.29 is 23.0 Å². The first-order valence-electron chi connectivity index (χ1n) is 8.82. The Morgan fingerprint density at radius 1 is 1.28 bits per heavy atom. The summed E-state index contributed by atoms with van der Waals surface area (Å²) in [5.74, 6) is -1.25. The van der Waals surface area contributed by atoms with Crippen LogP contribution in [0.2, 0.25) is 0 Å². The van der Waals surface area contributed by atoms with Crippen LogP contribution in [-0.4, -0.2) is 43.5 Å². The average molecular weight is 354 g/mol. The van der Waals surface area contributed by atoms with Gasteiger partial charge in [0.15, 0.2) is 0 Å². The first-order chi connectivity index (χ1) is 12.0. The van der Waals surface area contributed by atoms with Crippen molar-refractivity contribution in [3.63, 3.8) is 0 Å². The summed E-state index contributed by atoms with van der Waals surface area (Å²) >= 11 is 0. The van der Waals surface area contributed by atoms with Crippen LogP contribution in [0.25, 0.3) is 0 Å². The van der Waals surface area contributed by atoms with Crippen molar-refractivity contribution in [3.05, 3.63) is 35.4 Å². The van der Waals surface area contributed by atoms with Crippen LogP contribution in [0, 0.1) is 11.6 Å². The predicted molar refractivity (Wildman–Crippen MR) is 88.3 cm³/mol. The maximum atomic E-state index is 13.4.